The first-order valence-corrected chi connectivity index (χ1v) is 11.9. The summed E-state index contributed by atoms with van der Waals surface area (Å²) in [4.78, 5) is 42.6. The number of hydrogen-bond donors (Lipinski definition) is 1. The quantitative estimate of drug-likeness (QED) is 0.367. The van der Waals surface area contributed by atoms with Crippen LogP contribution in [-0.4, -0.2) is 46.8 Å². The first-order chi connectivity index (χ1) is 17.0. The molecule has 11 heteroatoms. The minimum atomic E-state index is -0.609. The summed E-state index contributed by atoms with van der Waals surface area (Å²) in [6, 6.07) is 11.7. The Morgan fingerprint density at radius 1 is 1.20 bits per heavy atom. The fourth-order valence-corrected chi connectivity index (χ4v) is 4.43. The Hall–Kier alpha value is -3.99. The van der Waals surface area contributed by atoms with E-state index in [0.717, 1.165) is 5.69 Å². The largest absolute Gasteiger partial charge is 0.493 e. The maximum absolute atomic E-state index is 13.2. The van der Waals surface area contributed by atoms with Crippen LogP contribution in [0.1, 0.15) is 28.9 Å². The summed E-state index contributed by atoms with van der Waals surface area (Å²) in [5, 5.41) is 16.5. The zero-order chi connectivity index (χ0) is 24.8. The average Bonchev–Trinajstić information content (AvgIpc) is 3.41. The number of nitro benzene ring substituents is 1. The molecule has 1 aromatic heterocycles. The lowest BCUT2D eigenvalue weighted by atomic mass is 9.95. The Morgan fingerprint density at radius 2 is 1.94 bits per heavy atom. The second kappa shape index (κ2) is 11.0. The molecule has 35 heavy (non-hydrogen) atoms. The fourth-order valence-electron chi connectivity index (χ4n) is 3.89. The van der Waals surface area contributed by atoms with Gasteiger partial charge in [0.05, 0.1) is 29.3 Å². The second-order valence-corrected chi connectivity index (χ2v) is 8.69. The standard InChI is InChI=1S/C24H24N4O6S/c1-33-21-11-19(20(28(31)32)12-22(21)34-13-18-14-35-15-25-18)24(30)27-9-7-16(8-10-27)23(29)26-17-5-3-2-4-6-17/h2-6,11-12,14-16H,7-10,13H2,1H3,(H,26,29). The molecule has 4 rings (SSSR count). The molecule has 0 saturated carbocycles. The van der Waals surface area contributed by atoms with E-state index in [0.29, 0.717) is 31.6 Å². The van der Waals surface area contributed by atoms with E-state index in [1.807, 2.05) is 35.7 Å². The lowest BCUT2D eigenvalue weighted by molar-refractivity contribution is -0.385. The van der Waals surface area contributed by atoms with E-state index >= 15 is 0 Å². The molecule has 1 saturated heterocycles. The number of nitrogens with zero attached hydrogens (tertiary/aromatic N) is 3. The van der Waals surface area contributed by atoms with Crippen LogP contribution >= 0.6 is 11.3 Å². The molecule has 2 heterocycles. The summed E-state index contributed by atoms with van der Waals surface area (Å²) in [5.74, 6) is -0.461. The van der Waals surface area contributed by atoms with Crippen molar-refractivity contribution in [2.75, 3.05) is 25.5 Å². The van der Waals surface area contributed by atoms with E-state index in [2.05, 4.69) is 10.3 Å². The van der Waals surface area contributed by atoms with Crippen LogP contribution in [0.25, 0.3) is 0 Å². The average molecular weight is 497 g/mol. The number of benzene rings is 2. The number of nitrogens with one attached hydrogen (secondary N) is 1. The van der Waals surface area contributed by atoms with E-state index in [1.54, 1.807) is 5.51 Å². The number of methoxy groups -OCH3 is 1. The summed E-state index contributed by atoms with van der Waals surface area (Å²) in [7, 11) is 1.40. The first kappa shape index (κ1) is 24.1. The van der Waals surface area contributed by atoms with E-state index in [4.69, 9.17) is 9.47 Å². The number of carbonyl (C=O) groups excluding carboxylic acids is 2. The van der Waals surface area contributed by atoms with Crippen LogP contribution in [0.3, 0.4) is 0 Å². The van der Waals surface area contributed by atoms with Crippen molar-refractivity contribution in [3.63, 3.8) is 0 Å². The molecule has 1 N–H and O–H groups in total. The van der Waals surface area contributed by atoms with Crippen molar-refractivity contribution in [2.24, 2.45) is 5.92 Å². The Balaban J connectivity index is 1.45. The topological polar surface area (TPSA) is 124 Å². The van der Waals surface area contributed by atoms with Crippen LogP contribution in [-0.2, 0) is 11.4 Å². The number of ether oxygens (including phenoxy) is 2. The van der Waals surface area contributed by atoms with Crippen molar-refractivity contribution in [2.45, 2.75) is 19.4 Å². The molecule has 0 aliphatic carbocycles. The molecule has 1 fully saturated rings. The van der Waals surface area contributed by atoms with Gasteiger partial charge in [-0.2, -0.15) is 0 Å². The van der Waals surface area contributed by atoms with Crippen LogP contribution in [0, 0.1) is 16.0 Å². The van der Waals surface area contributed by atoms with Gasteiger partial charge in [-0.1, -0.05) is 18.2 Å². The van der Waals surface area contributed by atoms with Gasteiger partial charge in [-0.05, 0) is 25.0 Å². The van der Waals surface area contributed by atoms with Crippen molar-refractivity contribution in [3.05, 3.63) is 74.7 Å². The van der Waals surface area contributed by atoms with Gasteiger partial charge >= 0.3 is 0 Å². The van der Waals surface area contributed by atoms with Gasteiger partial charge in [0.2, 0.25) is 5.91 Å². The third kappa shape index (κ3) is 5.75. The van der Waals surface area contributed by atoms with Crippen LogP contribution in [0.5, 0.6) is 11.5 Å². The van der Waals surface area contributed by atoms with Crippen molar-refractivity contribution in [1.29, 1.82) is 0 Å². The Kier molecular flexibility index (Phi) is 7.56. The van der Waals surface area contributed by atoms with Crippen LogP contribution in [0.2, 0.25) is 0 Å². The highest BCUT2D eigenvalue weighted by Gasteiger charge is 2.32. The summed E-state index contributed by atoms with van der Waals surface area (Å²) in [5.41, 5.74) is 2.61. The number of aromatic nitrogens is 1. The van der Waals surface area contributed by atoms with Crippen LogP contribution in [0.4, 0.5) is 11.4 Å². The van der Waals surface area contributed by atoms with Gasteiger partial charge in [0.15, 0.2) is 11.5 Å². The van der Waals surface area contributed by atoms with E-state index in [1.165, 1.54) is 35.5 Å². The number of piperidine rings is 1. The molecule has 182 valence electrons. The van der Waals surface area contributed by atoms with Crippen molar-refractivity contribution in [3.8, 4) is 11.5 Å². The number of anilines is 1. The third-order valence-corrected chi connectivity index (χ3v) is 6.40. The summed E-state index contributed by atoms with van der Waals surface area (Å²) >= 11 is 1.41. The molecule has 3 aromatic rings. The van der Waals surface area contributed by atoms with Crippen LogP contribution < -0.4 is 14.8 Å². The normalized spacial score (nSPS) is 13.8. The Morgan fingerprint density at radius 3 is 2.57 bits per heavy atom. The Labute approximate surface area is 205 Å². The lowest BCUT2D eigenvalue weighted by Crippen LogP contribution is -2.41. The molecule has 0 bridgehead atoms. The molecule has 10 nitrogen and oxygen atoms in total. The summed E-state index contributed by atoms with van der Waals surface area (Å²) < 4.78 is 11.0. The number of rotatable bonds is 8. The second-order valence-electron chi connectivity index (χ2n) is 7.97. The van der Waals surface area contributed by atoms with Gasteiger partial charge in [-0.25, -0.2) is 4.98 Å². The highest BCUT2D eigenvalue weighted by Crippen LogP contribution is 2.36. The molecule has 0 atom stereocenters. The monoisotopic (exact) mass is 496 g/mol. The minimum Gasteiger partial charge on any atom is -0.493 e. The number of thiazole rings is 1. The van der Waals surface area contributed by atoms with Crippen LogP contribution in [0.15, 0.2) is 53.4 Å². The molecular formula is C24H24N4O6S. The van der Waals surface area contributed by atoms with Gasteiger partial charge in [0.25, 0.3) is 11.6 Å². The van der Waals surface area contributed by atoms with E-state index < -0.39 is 10.8 Å². The molecule has 0 radical (unpaired) electrons. The number of hydrogen-bond acceptors (Lipinski definition) is 8. The molecule has 2 aromatic carbocycles. The minimum absolute atomic E-state index is 0.0833. The lowest BCUT2D eigenvalue weighted by Gasteiger charge is -2.31. The van der Waals surface area contributed by atoms with Crippen molar-refractivity contribution >= 4 is 34.5 Å². The van der Waals surface area contributed by atoms with Gasteiger partial charge in [0, 0.05) is 36.1 Å². The number of para-hydroxylation sites is 1. The summed E-state index contributed by atoms with van der Waals surface area (Å²) in [6.45, 7) is 0.739. The zero-order valence-corrected chi connectivity index (χ0v) is 19.8. The van der Waals surface area contributed by atoms with Gasteiger partial charge in [-0.3, -0.25) is 19.7 Å². The molecule has 1 aliphatic heterocycles. The fraction of sp³-hybridized carbons (Fsp3) is 0.292. The first-order valence-electron chi connectivity index (χ1n) is 11.0. The van der Waals surface area contributed by atoms with Gasteiger partial charge in [-0.15, -0.1) is 11.3 Å². The number of carbonyl (C=O) groups is 2. The highest BCUT2D eigenvalue weighted by atomic mass is 32.1. The number of amides is 2. The highest BCUT2D eigenvalue weighted by molar-refractivity contribution is 7.07. The molecule has 2 amide bonds. The predicted octanol–water partition coefficient (Wildman–Crippen LogP) is 4.13. The molecule has 0 unspecified atom stereocenters. The molecule has 1 aliphatic rings. The van der Waals surface area contributed by atoms with Crippen molar-refractivity contribution < 1.29 is 24.0 Å². The predicted molar refractivity (Wildman–Crippen MR) is 130 cm³/mol. The smallest absolute Gasteiger partial charge is 0.286 e. The zero-order valence-electron chi connectivity index (χ0n) is 19.0. The summed E-state index contributed by atoms with van der Waals surface area (Å²) in [6.07, 6.45) is 0.925. The number of nitro groups is 1. The van der Waals surface area contributed by atoms with Crippen molar-refractivity contribution in [1.82, 2.24) is 9.88 Å². The van der Waals surface area contributed by atoms with E-state index in [9.17, 15) is 19.7 Å². The molecule has 0 spiro atoms. The molecular weight excluding hydrogens is 472 g/mol. The maximum Gasteiger partial charge on any atom is 0.286 e. The number of likely N-dealkylation sites (tertiary alicyclic amines) is 1. The SMILES string of the molecule is COc1cc(C(=O)N2CCC(C(=O)Nc3ccccc3)CC2)c([N+](=O)[O-])cc1OCc1cscn1. The van der Waals surface area contributed by atoms with E-state index in [-0.39, 0.29) is 41.2 Å². The third-order valence-electron chi connectivity index (χ3n) is 5.76. The van der Waals surface area contributed by atoms with Gasteiger partial charge in [0.1, 0.15) is 12.2 Å². The maximum atomic E-state index is 13.2. The Bertz CT molecular complexity index is 1190. The van der Waals surface area contributed by atoms with Gasteiger partial charge < -0.3 is 19.7 Å².